The molecule has 0 aliphatic carbocycles. The molecular weight excluding hydrogens is 274 g/mol. The maximum atomic E-state index is 12.7. The van der Waals surface area contributed by atoms with E-state index in [0.29, 0.717) is 23.0 Å². The van der Waals surface area contributed by atoms with Crippen LogP contribution in [0.15, 0.2) is 24.3 Å². The smallest absolute Gasteiger partial charge is 0.259 e. The molecule has 1 aliphatic heterocycles. The van der Waals surface area contributed by atoms with E-state index in [1.807, 2.05) is 24.0 Å². The summed E-state index contributed by atoms with van der Waals surface area (Å²) < 4.78 is 1.54. The molecule has 1 aromatic carbocycles. The highest BCUT2D eigenvalue weighted by Crippen LogP contribution is 2.24. The van der Waals surface area contributed by atoms with Crippen molar-refractivity contribution in [2.45, 2.75) is 19.9 Å². The van der Waals surface area contributed by atoms with Crippen LogP contribution in [0.25, 0.3) is 0 Å². The third-order valence-corrected chi connectivity index (χ3v) is 4.22. The van der Waals surface area contributed by atoms with Crippen LogP contribution in [0.3, 0.4) is 0 Å². The number of benzene rings is 1. The topological polar surface area (TPSA) is 38.1 Å². The van der Waals surface area contributed by atoms with Crippen molar-refractivity contribution in [2.75, 3.05) is 6.54 Å². The lowest BCUT2D eigenvalue weighted by Gasteiger charge is -2.28. The van der Waals surface area contributed by atoms with Gasteiger partial charge in [-0.2, -0.15) is 5.10 Å². The van der Waals surface area contributed by atoms with Crippen LogP contribution >= 0.6 is 11.6 Å². The maximum absolute atomic E-state index is 12.7. The van der Waals surface area contributed by atoms with E-state index in [-0.39, 0.29) is 5.91 Å². The fourth-order valence-electron chi connectivity index (χ4n) is 2.70. The van der Waals surface area contributed by atoms with Gasteiger partial charge in [0.1, 0.15) is 5.15 Å². The fraction of sp³-hybridized carbons (Fsp3) is 0.333. The second-order valence-corrected chi connectivity index (χ2v) is 5.48. The minimum atomic E-state index is -0.0323. The van der Waals surface area contributed by atoms with Gasteiger partial charge in [0.15, 0.2) is 0 Å². The van der Waals surface area contributed by atoms with Gasteiger partial charge < -0.3 is 4.90 Å². The van der Waals surface area contributed by atoms with Crippen molar-refractivity contribution in [1.82, 2.24) is 14.7 Å². The van der Waals surface area contributed by atoms with Crippen LogP contribution in [0.5, 0.6) is 0 Å². The summed E-state index contributed by atoms with van der Waals surface area (Å²) in [6, 6.07) is 8.25. The molecular formula is C15H16ClN3O. The normalized spacial score (nSPS) is 14.2. The van der Waals surface area contributed by atoms with Crippen LogP contribution in [-0.2, 0) is 20.0 Å². The number of hydrogen-bond acceptors (Lipinski definition) is 2. The summed E-state index contributed by atoms with van der Waals surface area (Å²) in [5.74, 6) is -0.0323. The minimum Gasteiger partial charge on any atom is -0.334 e. The SMILES string of the molecule is Cc1nn(C)c(Cl)c1C(=O)N1CCc2ccccc2C1. The number of aryl methyl sites for hydroxylation is 2. The molecule has 0 N–H and O–H groups in total. The Labute approximate surface area is 123 Å². The summed E-state index contributed by atoms with van der Waals surface area (Å²) in [6.07, 6.45) is 0.888. The second kappa shape index (κ2) is 4.94. The third-order valence-electron chi connectivity index (χ3n) is 3.78. The molecule has 104 valence electrons. The van der Waals surface area contributed by atoms with E-state index in [9.17, 15) is 4.79 Å². The van der Waals surface area contributed by atoms with E-state index < -0.39 is 0 Å². The molecule has 1 aromatic heterocycles. The predicted octanol–water partition coefficient (Wildman–Crippen LogP) is 2.58. The average Bonchev–Trinajstić information content (AvgIpc) is 2.71. The highest BCUT2D eigenvalue weighted by Gasteiger charge is 2.26. The first-order chi connectivity index (χ1) is 9.58. The van der Waals surface area contributed by atoms with Crippen LogP contribution < -0.4 is 0 Å². The molecule has 2 heterocycles. The van der Waals surface area contributed by atoms with Gasteiger partial charge in [-0.25, -0.2) is 0 Å². The van der Waals surface area contributed by atoms with Gasteiger partial charge in [0.05, 0.1) is 11.3 Å². The standard InChI is InChI=1S/C15H16ClN3O/c1-10-13(14(16)18(2)17-10)15(20)19-8-7-11-5-3-4-6-12(11)9-19/h3-6H,7-9H2,1-2H3. The molecule has 3 rings (SSSR count). The molecule has 0 saturated carbocycles. The lowest BCUT2D eigenvalue weighted by atomic mass is 9.99. The number of aromatic nitrogens is 2. The van der Waals surface area contributed by atoms with Gasteiger partial charge in [-0.05, 0) is 24.5 Å². The molecule has 0 bridgehead atoms. The van der Waals surface area contributed by atoms with Gasteiger partial charge in [0, 0.05) is 20.1 Å². The first-order valence-electron chi connectivity index (χ1n) is 6.63. The van der Waals surface area contributed by atoms with Crippen molar-refractivity contribution < 1.29 is 4.79 Å². The quantitative estimate of drug-likeness (QED) is 0.809. The van der Waals surface area contributed by atoms with Gasteiger partial charge in [0.2, 0.25) is 0 Å². The molecule has 0 spiro atoms. The number of amides is 1. The molecule has 5 heteroatoms. The Morgan fingerprint density at radius 1 is 1.30 bits per heavy atom. The van der Waals surface area contributed by atoms with Crippen LogP contribution in [0.2, 0.25) is 5.15 Å². The summed E-state index contributed by atoms with van der Waals surface area (Å²) >= 11 is 6.18. The van der Waals surface area contributed by atoms with Crippen LogP contribution in [0, 0.1) is 6.92 Å². The molecule has 2 aromatic rings. The Bertz CT molecular complexity index is 678. The molecule has 1 amide bonds. The molecule has 0 unspecified atom stereocenters. The van der Waals surface area contributed by atoms with Gasteiger partial charge in [-0.1, -0.05) is 35.9 Å². The summed E-state index contributed by atoms with van der Waals surface area (Å²) in [7, 11) is 1.75. The van der Waals surface area contributed by atoms with E-state index >= 15 is 0 Å². The monoisotopic (exact) mass is 289 g/mol. The van der Waals surface area contributed by atoms with Gasteiger partial charge >= 0.3 is 0 Å². The minimum absolute atomic E-state index is 0.0323. The Hall–Kier alpha value is -1.81. The zero-order valence-corrected chi connectivity index (χ0v) is 12.3. The molecule has 0 fully saturated rings. The van der Waals surface area contributed by atoms with Gasteiger partial charge in [0.25, 0.3) is 5.91 Å². The van der Waals surface area contributed by atoms with E-state index in [0.717, 1.165) is 13.0 Å². The Balaban J connectivity index is 1.90. The lowest BCUT2D eigenvalue weighted by Crippen LogP contribution is -2.36. The van der Waals surface area contributed by atoms with Crippen molar-refractivity contribution >= 4 is 17.5 Å². The van der Waals surface area contributed by atoms with Crippen molar-refractivity contribution in [1.29, 1.82) is 0 Å². The number of carbonyl (C=O) groups excluding carboxylic acids is 1. The summed E-state index contributed by atoms with van der Waals surface area (Å²) in [5.41, 5.74) is 3.74. The van der Waals surface area contributed by atoms with E-state index in [4.69, 9.17) is 11.6 Å². The Kier molecular flexibility index (Phi) is 3.26. The number of rotatable bonds is 1. The van der Waals surface area contributed by atoms with E-state index in [1.54, 1.807) is 11.7 Å². The summed E-state index contributed by atoms with van der Waals surface area (Å²) in [4.78, 5) is 14.5. The van der Waals surface area contributed by atoms with Crippen LogP contribution in [0.4, 0.5) is 0 Å². The average molecular weight is 290 g/mol. The van der Waals surface area contributed by atoms with E-state index in [2.05, 4.69) is 17.2 Å². The highest BCUT2D eigenvalue weighted by molar-refractivity contribution is 6.33. The van der Waals surface area contributed by atoms with Crippen LogP contribution in [0.1, 0.15) is 27.2 Å². The highest BCUT2D eigenvalue weighted by atomic mass is 35.5. The first kappa shape index (κ1) is 13.2. The fourth-order valence-corrected chi connectivity index (χ4v) is 2.96. The Morgan fingerprint density at radius 2 is 2.00 bits per heavy atom. The number of carbonyl (C=O) groups is 1. The Morgan fingerprint density at radius 3 is 2.65 bits per heavy atom. The number of nitrogens with zero attached hydrogens (tertiary/aromatic N) is 3. The van der Waals surface area contributed by atoms with Crippen molar-refractivity contribution in [3.63, 3.8) is 0 Å². The maximum Gasteiger partial charge on any atom is 0.259 e. The van der Waals surface area contributed by atoms with E-state index in [1.165, 1.54) is 11.1 Å². The number of hydrogen-bond donors (Lipinski definition) is 0. The number of halogens is 1. The predicted molar refractivity (Wildman–Crippen MR) is 77.8 cm³/mol. The van der Waals surface area contributed by atoms with Gasteiger partial charge in [-0.15, -0.1) is 0 Å². The molecule has 4 nitrogen and oxygen atoms in total. The molecule has 0 radical (unpaired) electrons. The third kappa shape index (κ3) is 2.10. The molecule has 0 saturated heterocycles. The summed E-state index contributed by atoms with van der Waals surface area (Å²) in [5, 5.41) is 4.62. The molecule has 0 atom stereocenters. The van der Waals surface area contributed by atoms with Crippen molar-refractivity contribution in [3.8, 4) is 0 Å². The zero-order chi connectivity index (χ0) is 14.3. The van der Waals surface area contributed by atoms with Gasteiger partial charge in [-0.3, -0.25) is 9.48 Å². The second-order valence-electron chi connectivity index (χ2n) is 5.12. The van der Waals surface area contributed by atoms with Crippen molar-refractivity contribution in [3.05, 3.63) is 51.8 Å². The molecule has 1 aliphatic rings. The first-order valence-corrected chi connectivity index (χ1v) is 7.01. The largest absolute Gasteiger partial charge is 0.334 e. The zero-order valence-electron chi connectivity index (χ0n) is 11.6. The summed E-state index contributed by atoms with van der Waals surface area (Å²) in [6.45, 7) is 3.18. The lowest BCUT2D eigenvalue weighted by molar-refractivity contribution is 0.0734. The van der Waals surface area contributed by atoms with Crippen LogP contribution in [-0.4, -0.2) is 27.1 Å². The number of fused-ring (bicyclic) bond motifs is 1. The molecule has 20 heavy (non-hydrogen) atoms. The van der Waals surface area contributed by atoms with Crippen molar-refractivity contribution in [2.24, 2.45) is 7.05 Å².